The van der Waals surface area contributed by atoms with Crippen LogP contribution in [0.25, 0.3) is 0 Å². The van der Waals surface area contributed by atoms with Crippen LogP contribution < -0.4 is 0 Å². The summed E-state index contributed by atoms with van der Waals surface area (Å²) in [7, 11) is 0. The Hall–Kier alpha value is -0.610. The first kappa shape index (κ1) is 11.5. The predicted octanol–water partition coefficient (Wildman–Crippen LogP) is 2.53. The topological polar surface area (TPSA) is 40.5 Å². The molecule has 0 aromatic heterocycles. The minimum absolute atomic E-state index is 0.202. The summed E-state index contributed by atoms with van der Waals surface area (Å²) in [6.45, 7) is 3.34. The van der Waals surface area contributed by atoms with E-state index < -0.39 is 11.9 Å². The van der Waals surface area contributed by atoms with Crippen LogP contribution in [0.4, 0.5) is 4.39 Å². The van der Waals surface area contributed by atoms with Crippen LogP contribution in [-0.2, 0) is 6.42 Å². The zero-order valence-electron chi connectivity index (χ0n) is 8.01. The van der Waals surface area contributed by atoms with Gasteiger partial charge in [-0.1, -0.05) is 6.07 Å². The largest absolute Gasteiger partial charge is 0.504 e. The second-order valence-corrected chi connectivity index (χ2v) is 4.18. The number of phenolic OH excluding ortho intramolecular Hbond substituents is 1. The van der Waals surface area contributed by atoms with Gasteiger partial charge in [-0.25, -0.2) is 4.39 Å². The molecule has 4 heteroatoms. The Kier molecular flexibility index (Phi) is 3.50. The summed E-state index contributed by atoms with van der Waals surface area (Å²) in [5.41, 5.74) is 1.08. The smallest absolute Gasteiger partial charge is 0.169 e. The van der Waals surface area contributed by atoms with E-state index in [1.807, 2.05) is 0 Å². The van der Waals surface area contributed by atoms with Gasteiger partial charge in [-0.3, -0.25) is 0 Å². The molecule has 0 spiro atoms. The van der Waals surface area contributed by atoms with Crippen molar-refractivity contribution in [1.29, 1.82) is 0 Å². The molecule has 0 aliphatic rings. The molecule has 1 aromatic rings. The fraction of sp³-hybridized carbons (Fsp3) is 0.400. The Bertz CT molecular complexity index is 350. The van der Waals surface area contributed by atoms with Crippen LogP contribution in [0, 0.1) is 12.7 Å². The van der Waals surface area contributed by atoms with Gasteiger partial charge in [-0.15, -0.1) is 0 Å². The second kappa shape index (κ2) is 4.28. The van der Waals surface area contributed by atoms with Crippen LogP contribution in [0.1, 0.15) is 18.1 Å². The lowest BCUT2D eigenvalue weighted by atomic mass is 10.0. The second-order valence-electron chi connectivity index (χ2n) is 3.38. The molecule has 1 unspecified atom stereocenters. The van der Waals surface area contributed by atoms with Gasteiger partial charge in [-0.05, 0) is 40.9 Å². The maximum atomic E-state index is 13.4. The normalized spacial score (nSPS) is 12.9. The maximum Gasteiger partial charge on any atom is 0.169 e. The Morgan fingerprint density at radius 3 is 2.64 bits per heavy atom. The van der Waals surface area contributed by atoms with E-state index in [1.165, 1.54) is 0 Å². The highest BCUT2D eigenvalue weighted by Crippen LogP contribution is 2.32. The fourth-order valence-electron chi connectivity index (χ4n) is 1.29. The first-order valence-electron chi connectivity index (χ1n) is 4.28. The number of aryl methyl sites for hydroxylation is 1. The monoisotopic (exact) mass is 262 g/mol. The zero-order valence-corrected chi connectivity index (χ0v) is 9.60. The summed E-state index contributed by atoms with van der Waals surface area (Å²) >= 11 is 3.08. The number of hydrogen-bond acceptors (Lipinski definition) is 2. The average molecular weight is 263 g/mol. The van der Waals surface area contributed by atoms with Crippen molar-refractivity contribution in [3.8, 4) is 5.75 Å². The van der Waals surface area contributed by atoms with Gasteiger partial charge < -0.3 is 10.2 Å². The van der Waals surface area contributed by atoms with Crippen LogP contribution in [0.2, 0.25) is 0 Å². The van der Waals surface area contributed by atoms with Crippen molar-refractivity contribution >= 4 is 15.9 Å². The first-order valence-corrected chi connectivity index (χ1v) is 5.07. The molecule has 0 bridgehead atoms. The van der Waals surface area contributed by atoms with Crippen molar-refractivity contribution < 1.29 is 14.6 Å². The Morgan fingerprint density at radius 1 is 1.57 bits per heavy atom. The molecule has 0 radical (unpaired) electrons. The van der Waals surface area contributed by atoms with E-state index in [0.29, 0.717) is 10.0 Å². The third-order valence-electron chi connectivity index (χ3n) is 1.95. The molecule has 1 atom stereocenters. The van der Waals surface area contributed by atoms with Crippen LogP contribution >= 0.6 is 15.9 Å². The molecule has 0 saturated carbocycles. The molecule has 14 heavy (non-hydrogen) atoms. The van der Waals surface area contributed by atoms with Crippen LogP contribution in [0.15, 0.2) is 10.5 Å². The predicted molar refractivity (Wildman–Crippen MR) is 55.9 cm³/mol. The molecule has 0 aliphatic carbocycles. The number of hydrogen-bond donors (Lipinski definition) is 2. The summed E-state index contributed by atoms with van der Waals surface area (Å²) in [4.78, 5) is 0. The van der Waals surface area contributed by atoms with Crippen LogP contribution in [-0.4, -0.2) is 16.3 Å². The van der Waals surface area contributed by atoms with Crippen molar-refractivity contribution in [3.63, 3.8) is 0 Å². The third kappa shape index (κ3) is 2.25. The van der Waals surface area contributed by atoms with Crippen molar-refractivity contribution in [1.82, 2.24) is 0 Å². The SMILES string of the molecule is Cc1cc(CC(C)O)c(F)c(O)c1Br. The van der Waals surface area contributed by atoms with Gasteiger partial charge in [0.2, 0.25) is 0 Å². The number of benzene rings is 1. The molecule has 1 aromatic carbocycles. The number of aliphatic hydroxyl groups is 1. The summed E-state index contributed by atoms with van der Waals surface area (Å²) in [6, 6.07) is 1.62. The molecular formula is C10H12BrFO2. The molecule has 0 saturated heterocycles. The molecule has 2 nitrogen and oxygen atoms in total. The Balaban J connectivity index is 3.19. The highest BCUT2D eigenvalue weighted by Gasteiger charge is 2.14. The van der Waals surface area contributed by atoms with Crippen molar-refractivity contribution in [2.24, 2.45) is 0 Å². The lowest BCUT2D eigenvalue weighted by Crippen LogP contribution is -2.06. The average Bonchev–Trinajstić information content (AvgIpc) is 2.10. The van der Waals surface area contributed by atoms with Crippen molar-refractivity contribution in [2.45, 2.75) is 26.4 Å². The van der Waals surface area contributed by atoms with Gasteiger partial charge in [0.05, 0.1) is 10.6 Å². The van der Waals surface area contributed by atoms with Crippen molar-refractivity contribution in [3.05, 3.63) is 27.5 Å². The van der Waals surface area contributed by atoms with Gasteiger partial charge in [0.25, 0.3) is 0 Å². The van der Waals surface area contributed by atoms with Crippen LogP contribution in [0.5, 0.6) is 5.75 Å². The molecule has 0 amide bonds. The van der Waals surface area contributed by atoms with Gasteiger partial charge in [0.1, 0.15) is 0 Å². The van der Waals surface area contributed by atoms with Crippen LogP contribution in [0.3, 0.4) is 0 Å². The molecule has 1 rings (SSSR count). The highest BCUT2D eigenvalue weighted by atomic mass is 79.9. The minimum atomic E-state index is -0.664. The lowest BCUT2D eigenvalue weighted by Gasteiger charge is -2.10. The van der Waals surface area contributed by atoms with E-state index in [2.05, 4.69) is 15.9 Å². The lowest BCUT2D eigenvalue weighted by molar-refractivity contribution is 0.194. The number of aliphatic hydroxyl groups excluding tert-OH is 1. The molecular weight excluding hydrogens is 251 g/mol. The Labute approximate surface area is 90.5 Å². The van der Waals surface area contributed by atoms with E-state index in [0.717, 1.165) is 5.56 Å². The number of halogens is 2. The summed E-state index contributed by atoms with van der Waals surface area (Å²) < 4.78 is 13.8. The molecule has 0 fully saturated rings. The number of phenols is 1. The summed E-state index contributed by atoms with van der Waals surface area (Å²) in [5, 5.41) is 18.5. The van der Waals surface area contributed by atoms with Gasteiger partial charge in [0, 0.05) is 6.42 Å². The van der Waals surface area contributed by atoms with E-state index in [4.69, 9.17) is 5.11 Å². The summed E-state index contributed by atoms with van der Waals surface area (Å²) in [5.74, 6) is -1.05. The van der Waals surface area contributed by atoms with E-state index >= 15 is 0 Å². The Morgan fingerprint density at radius 2 is 2.14 bits per heavy atom. The third-order valence-corrected chi connectivity index (χ3v) is 2.95. The molecule has 0 heterocycles. The fourth-order valence-corrected chi connectivity index (χ4v) is 1.58. The zero-order chi connectivity index (χ0) is 10.9. The first-order chi connectivity index (χ1) is 6.43. The molecule has 2 N–H and O–H groups in total. The molecule has 0 aliphatic heterocycles. The standard InChI is InChI=1S/C10H12BrFO2/c1-5-3-7(4-6(2)13)9(12)10(14)8(5)11/h3,6,13-14H,4H2,1-2H3. The van der Waals surface area contributed by atoms with Gasteiger partial charge >= 0.3 is 0 Å². The van der Waals surface area contributed by atoms with E-state index in [1.54, 1.807) is 19.9 Å². The van der Waals surface area contributed by atoms with Gasteiger partial charge in [-0.2, -0.15) is 0 Å². The number of rotatable bonds is 2. The molecule has 78 valence electrons. The van der Waals surface area contributed by atoms with E-state index in [-0.39, 0.29) is 12.2 Å². The van der Waals surface area contributed by atoms with E-state index in [9.17, 15) is 9.50 Å². The maximum absolute atomic E-state index is 13.4. The minimum Gasteiger partial charge on any atom is -0.504 e. The summed E-state index contributed by atoms with van der Waals surface area (Å²) in [6.07, 6.45) is -0.419. The number of aromatic hydroxyl groups is 1. The highest BCUT2D eigenvalue weighted by molar-refractivity contribution is 9.10. The van der Waals surface area contributed by atoms with Crippen molar-refractivity contribution in [2.75, 3.05) is 0 Å². The van der Waals surface area contributed by atoms with Gasteiger partial charge in [0.15, 0.2) is 11.6 Å². The quantitative estimate of drug-likeness (QED) is 0.860.